The second-order valence-corrected chi connectivity index (χ2v) is 5.60. The van der Waals surface area contributed by atoms with Gasteiger partial charge in [-0.25, -0.2) is 13.4 Å². The van der Waals surface area contributed by atoms with Crippen LogP contribution in [0.5, 0.6) is 0 Å². The van der Waals surface area contributed by atoms with Crippen molar-refractivity contribution in [1.82, 2.24) is 9.97 Å². The number of hydrogen-bond acceptors (Lipinski definition) is 5. The summed E-state index contributed by atoms with van der Waals surface area (Å²) in [5.41, 5.74) is 0.0568. The molecule has 1 aromatic carbocycles. The summed E-state index contributed by atoms with van der Waals surface area (Å²) in [5.74, 6) is 0. The minimum absolute atomic E-state index is 0.0568. The van der Waals surface area contributed by atoms with E-state index in [1.807, 2.05) is 0 Å². The van der Waals surface area contributed by atoms with Gasteiger partial charge >= 0.3 is 0 Å². The Balaban J connectivity index is 2.63. The van der Waals surface area contributed by atoms with Gasteiger partial charge in [-0.15, -0.1) is 0 Å². The lowest BCUT2D eigenvalue weighted by atomic mass is 10.3. The van der Waals surface area contributed by atoms with Gasteiger partial charge < -0.3 is 5.11 Å². The van der Waals surface area contributed by atoms with Crippen molar-refractivity contribution in [3.05, 3.63) is 48.4 Å². The lowest BCUT2D eigenvalue weighted by Crippen LogP contribution is -2.11. The number of benzene rings is 1. The summed E-state index contributed by atoms with van der Waals surface area (Å²) in [6, 6.07) is 7.95. The number of aromatic nitrogens is 2. The third-order valence-corrected chi connectivity index (χ3v) is 4.11. The highest BCUT2D eigenvalue weighted by Gasteiger charge is 2.25. The number of nitrogens with zero attached hydrogens (tertiary/aromatic N) is 2. The molecule has 18 heavy (non-hydrogen) atoms. The van der Waals surface area contributed by atoms with Crippen molar-refractivity contribution >= 4 is 9.84 Å². The van der Waals surface area contributed by atoms with E-state index in [-0.39, 0.29) is 15.6 Å². The van der Waals surface area contributed by atoms with E-state index in [0.717, 1.165) is 0 Å². The Labute approximate surface area is 105 Å². The standard InChI is InChI=1S/C12H12N2O3S/c1-9(15)11-12(14-8-7-13-11)18(16,17)10-5-3-2-4-6-10/h2-9,15H,1H3. The van der Waals surface area contributed by atoms with E-state index in [4.69, 9.17) is 0 Å². The largest absolute Gasteiger partial charge is 0.387 e. The van der Waals surface area contributed by atoms with Gasteiger partial charge in [-0.1, -0.05) is 18.2 Å². The first kappa shape index (κ1) is 12.7. The van der Waals surface area contributed by atoms with E-state index >= 15 is 0 Å². The molecule has 2 aromatic rings. The topological polar surface area (TPSA) is 80.2 Å². The van der Waals surface area contributed by atoms with E-state index in [1.165, 1.54) is 31.5 Å². The highest BCUT2D eigenvalue weighted by molar-refractivity contribution is 7.91. The molecule has 0 aliphatic rings. The van der Waals surface area contributed by atoms with Crippen LogP contribution in [-0.2, 0) is 9.84 Å². The van der Waals surface area contributed by atoms with Crippen LogP contribution in [0.15, 0.2) is 52.6 Å². The van der Waals surface area contributed by atoms with E-state index in [9.17, 15) is 13.5 Å². The lowest BCUT2D eigenvalue weighted by Gasteiger charge is -2.09. The zero-order valence-corrected chi connectivity index (χ0v) is 10.5. The number of aliphatic hydroxyl groups is 1. The molecule has 1 N–H and O–H groups in total. The smallest absolute Gasteiger partial charge is 0.225 e. The fraction of sp³-hybridized carbons (Fsp3) is 0.167. The van der Waals surface area contributed by atoms with Gasteiger partial charge in [0.05, 0.1) is 11.0 Å². The molecule has 5 nitrogen and oxygen atoms in total. The van der Waals surface area contributed by atoms with Crippen LogP contribution in [0.4, 0.5) is 0 Å². The molecular formula is C12H12N2O3S. The summed E-state index contributed by atoms with van der Waals surface area (Å²) in [4.78, 5) is 7.85. The molecule has 1 unspecified atom stereocenters. The summed E-state index contributed by atoms with van der Waals surface area (Å²) in [6.07, 6.45) is 1.65. The van der Waals surface area contributed by atoms with Crippen molar-refractivity contribution < 1.29 is 13.5 Å². The summed E-state index contributed by atoms with van der Waals surface area (Å²) >= 11 is 0. The van der Waals surface area contributed by atoms with Gasteiger partial charge in [0, 0.05) is 12.4 Å². The van der Waals surface area contributed by atoms with Gasteiger partial charge in [0.15, 0.2) is 5.03 Å². The highest BCUT2D eigenvalue weighted by atomic mass is 32.2. The third kappa shape index (κ3) is 2.25. The average Bonchev–Trinajstić information content (AvgIpc) is 2.39. The highest BCUT2D eigenvalue weighted by Crippen LogP contribution is 2.23. The molecule has 0 aliphatic heterocycles. The summed E-state index contributed by atoms with van der Waals surface area (Å²) < 4.78 is 24.7. The second kappa shape index (κ2) is 4.83. The number of sulfone groups is 1. The Morgan fingerprint density at radius 3 is 2.33 bits per heavy atom. The van der Waals surface area contributed by atoms with Crippen LogP contribution < -0.4 is 0 Å². The van der Waals surface area contributed by atoms with Crippen molar-refractivity contribution in [2.24, 2.45) is 0 Å². The molecule has 0 saturated heterocycles. The molecule has 0 radical (unpaired) electrons. The van der Waals surface area contributed by atoms with Gasteiger partial charge in [-0.2, -0.15) is 0 Å². The van der Waals surface area contributed by atoms with Gasteiger partial charge in [-0.3, -0.25) is 4.98 Å². The Hall–Kier alpha value is -1.79. The molecular weight excluding hydrogens is 252 g/mol. The van der Waals surface area contributed by atoms with E-state index in [1.54, 1.807) is 18.2 Å². The van der Waals surface area contributed by atoms with Crippen molar-refractivity contribution in [2.45, 2.75) is 22.9 Å². The summed E-state index contributed by atoms with van der Waals surface area (Å²) in [6.45, 7) is 1.45. The fourth-order valence-corrected chi connectivity index (χ4v) is 2.98. The predicted molar refractivity (Wildman–Crippen MR) is 64.6 cm³/mol. The molecule has 0 amide bonds. The van der Waals surface area contributed by atoms with Crippen molar-refractivity contribution in [1.29, 1.82) is 0 Å². The Bertz CT molecular complexity index is 639. The SMILES string of the molecule is CC(O)c1nccnc1S(=O)(=O)c1ccccc1. The van der Waals surface area contributed by atoms with E-state index in [2.05, 4.69) is 9.97 Å². The molecule has 6 heteroatoms. The van der Waals surface area contributed by atoms with Crippen LogP contribution in [0.25, 0.3) is 0 Å². The summed E-state index contributed by atoms with van der Waals surface area (Å²) in [5, 5.41) is 9.35. The van der Waals surface area contributed by atoms with E-state index in [0.29, 0.717) is 0 Å². The number of aliphatic hydroxyl groups excluding tert-OH is 1. The zero-order chi connectivity index (χ0) is 13.2. The molecule has 1 atom stereocenters. The first-order valence-corrected chi connectivity index (χ1v) is 6.81. The maximum absolute atomic E-state index is 12.3. The fourth-order valence-electron chi connectivity index (χ4n) is 1.54. The van der Waals surface area contributed by atoms with Gasteiger partial charge in [-0.05, 0) is 19.1 Å². The Morgan fingerprint density at radius 1 is 1.11 bits per heavy atom. The molecule has 1 heterocycles. The number of hydrogen-bond donors (Lipinski definition) is 1. The van der Waals surface area contributed by atoms with Gasteiger partial charge in [0.1, 0.15) is 5.69 Å². The third-order valence-electron chi connectivity index (χ3n) is 2.39. The number of rotatable bonds is 3. The minimum atomic E-state index is -3.75. The Morgan fingerprint density at radius 2 is 1.72 bits per heavy atom. The molecule has 0 saturated carbocycles. The molecule has 0 bridgehead atoms. The van der Waals surface area contributed by atoms with Crippen LogP contribution in [0.2, 0.25) is 0 Å². The van der Waals surface area contributed by atoms with Crippen LogP contribution in [0.1, 0.15) is 18.7 Å². The van der Waals surface area contributed by atoms with E-state index < -0.39 is 15.9 Å². The zero-order valence-electron chi connectivity index (χ0n) is 9.69. The molecule has 1 aromatic heterocycles. The molecule has 0 aliphatic carbocycles. The van der Waals surface area contributed by atoms with Crippen molar-refractivity contribution in [3.63, 3.8) is 0 Å². The Kier molecular flexibility index (Phi) is 3.40. The molecule has 0 fully saturated rings. The average molecular weight is 264 g/mol. The normalized spacial score (nSPS) is 13.2. The lowest BCUT2D eigenvalue weighted by molar-refractivity contribution is 0.189. The molecule has 94 valence electrons. The van der Waals surface area contributed by atoms with Crippen molar-refractivity contribution in [2.75, 3.05) is 0 Å². The molecule has 0 spiro atoms. The van der Waals surface area contributed by atoms with Crippen LogP contribution >= 0.6 is 0 Å². The van der Waals surface area contributed by atoms with Gasteiger partial charge in [0.25, 0.3) is 0 Å². The first-order chi connectivity index (χ1) is 8.53. The van der Waals surface area contributed by atoms with Gasteiger partial charge in [0.2, 0.25) is 9.84 Å². The molecule has 2 rings (SSSR count). The monoisotopic (exact) mass is 264 g/mol. The summed E-state index contributed by atoms with van der Waals surface area (Å²) in [7, 11) is -3.75. The second-order valence-electron chi connectivity index (χ2n) is 3.74. The maximum Gasteiger partial charge on any atom is 0.225 e. The first-order valence-electron chi connectivity index (χ1n) is 5.32. The predicted octanol–water partition coefficient (Wildman–Crippen LogP) is 1.36. The maximum atomic E-state index is 12.3. The van der Waals surface area contributed by atoms with Crippen LogP contribution in [0.3, 0.4) is 0 Å². The van der Waals surface area contributed by atoms with Crippen LogP contribution in [0, 0.1) is 0 Å². The quantitative estimate of drug-likeness (QED) is 0.905. The van der Waals surface area contributed by atoms with Crippen molar-refractivity contribution in [3.8, 4) is 0 Å². The minimum Gasteiger partial charge on any atom is -0.387 e. The van der Waals surface area contributed by atoms with Crippen LogP contribution in [-0.4, -0.2) is 23.5 Å².